The van der Waals surface area contributed by atoms with E-state index in [4.69, 9.17) is 14.2 Å². The molecule has 3 fully saturated rings. The molecule has 17 heavy (non-hydrogen) atoms. The summed E-state index contributed by atoms with van der Waals surface area (Å²) in [7, 11) is 0. The summed E-state index contributed by atoms with van der Waals surface area (Å²) in [5, 5.41) is 20.7. The van der Waals surface area contributed by atoms with Gasteiger partial charge in [-0.1, -0.05) is 6.08 Å². The molecule has 4 rings (SSSR count). The molecule has 6 unspecified atom stereocenters. The molecule has 3 aliphatic heterocycles. The molecule has 0 aromatic carbocycles. The molecule has 2 N–H and O–H groups in total. The standard InChI is InChI=1S/C12H14O5/c13-6-2-1-3-12(14)9(6)10-7(16-10)4-15-5-8-11(12)17-8/h1-3,7-11,13-14H,4-5H2. The number of hydrogen-bond acceptors (Lipinski definition) is 5. The average Bonchev–Trinajstić information content (AvgIpc) is 3.15. The third-order valence-corrected chi connectivity index (χ3v) is 4.00. The summed E-state index contributed by atoms with van der Waals surface area (Å²) in [6, 6.07) is 0. The summed E-state index contributed by atoms with van der Waals surface area (Å²) in [4.78, 5) is 0. The molecule has 5 nitrogen and oxygen atoms in total. The van der Waals surface area contributed by atoms with E-state index in [-0.39, 0.29) is 30.2 Å². The second kappa shape index (κ2) is 3.11. The van der Waals surface area contributed by atoms with Crippen LogP contribution in [0.2, 0.25) is 0 Å². The second-order valence-electron chi connectivity index (χ2n) is 5.09. The van der Waals surface area contributed by atoms with Gasteiger partial charge in [-0.15, -0.1) is 0 Å². The Bertz CT molecular complexity index is 417. The summed E-state index contributed by atoms with van der Waals surface area (Å²) < 4.78 is 16.4. The Morgan fingerprint density at radius 2 is 2.06 bits per heavy atom. The molecule has 5 heteroatoms. The van der Waals surface area contributed by atoms with E-state index < -0.39 is 11.5 Å². The summed E-state index contributed by atoms with van der Waals surface area (Å²) in [5.41, 5.74) is -1.17. The van der Waals surface area contributed by atoms with Crippen molar-refractivity contribution < 1.29 is 24.4 Å². The maximum absolute atomic E-state index is 10.8. The van der Waals surface area contributed by atoms with Crippen LogP contribution in [0.5, 0.6) is 0 Å². The zero-order valence-corrected chi connectivity index (χ0v) is 9.15. The predicted octanol–water partition coefficient (Wildman–Crippen LogP) is -0.0896. The van der Waals surface area contributed by atoms with Crippen LogP contribution in [0.4, 0.5) is 0 Å². The Labute approximate surface area is 98.3 Å². The Balaban J connectivity index is 1.74. The van der Waals surface area contributed by atoms with Crippen LogP contribution in [0.25, 0.3) is 0 Å². The number of aliphatic hydroxyl groups excluding tert-OH is 1. The van der Waals surface area contributed by atoms with Crippen molar-refractivity contribution in [3.8, 4) is 0 Å². The fourth-order valence-electron chi connectivity index (χ4n) is 3.01. The Morgan fingerprint density at radius 1 is 1.24 bits per heavy atom. The number of aliphatic hydroxyl groups is 2. The van der Waals surface area contributed by atoms with Crippen molar-refractivity contribution in [3.63, 3.8) is 0 Å². The van der Waals surface area contributed by atoms with E-state index in [0.717, 1.165) is 0 Å². The van der Waals surface area contributed by atoms with Crippen LogP contribution < -0.4 is 0 Å². The SMILES string of the molecule is OC1=CC=CC2(O)C3OC3COCC3OC3C12. The fourth-order valence-corrected chi connectivity index (χ4v) is 3.01. The lowest BCUT2D eigenvalue weighted by Crippen LogP contribution is -2.47. The predicted molar refractivity (Wildman–Crippen MR) is 56.4 cm³/mol. The van der Waals surface area contributed by atoms with Crippen LogP contribution in [0.15, 0.2) is 24.0 Å². The van der Waals surface area contributed by atoms with E-state index in [9.17, 15) is 10.2 Å². The minimum absolute atomic E-state index is 0.0222. The molecule has 92 valence electrons. The van der Waals surface area contributed by atoms with E-state index in [2.05, 4.69) is 0 Å². The number of allylic oxidation sites excluding steroid dienone is 2. The molecule has 0 aromatic heterocycles. The molecule has 6 atom stereocenters. The van der Waals surface area contributed by atoms with Gasteiger partial charge in [0.15, 0.2) is 0 Å². The number of epoxide rings is 2. The first kappa shape index (κ1) is 10.1. The maximum atomic E-state index is 10.8. The van der Waals surface area contributed by atoms with Crippen LogP contribution in [-0.2, 0) is 14.2 Å². The van der Waals surface area contributed by atoms with Gasteiger partial charge in [-0.05, 0) is 12.2 Å². The van der Waals surface area contributed by atoms with Crippen molar-refractivity contribution in [2.45, 2.75) is 30.0 Å². The quantitative estimate of drug-likeness (QED) is 0.577. The van der Waals surface area contributed by atoms with Crippen LogP contribution in [0, 0.1) is 5.92 Å². The van der Waals surface area contributed by atoms with E-state index in [1.54, 1.807) is 18.2 Å². The number of ether oxygens (including phenoxy) is 3. The van der Waals surface area contributed by atoms with Gasteiger partial charge in [-0.25, -0.2) is 0 Å². The van der Waals surface area contributed by atoms with E-state index in [1.807, 2.05) is 0 Å². The normalized spacial score (nSPS) is 55.4. The highest BCUT2D eigenvalue weighted by Crippen LogP contribution is 2.49. The average molecular weight is 238 g/mol. The van der Waals surface area contributed by atoms with Crippen LogP contribution in [0.1, 0.15) is 0 Å². The first-order chi connectivity index (χ1) is 8.20. The topological polar surface area (TPSA) is 74.8 Å². The molecule has 1 aliphatic carbocycles. The number of rotatable bonds is 0. The third kappa shape index (κ3) is 1.34. The van der Waals surface area contributed by atoms with Gasteiger partial charge in [0.2, 0.25) is 0 Å². The summed E-state index contributed by atoms with van der Waals surface area (Å²) in [5.74, 6) is -0.271. The molecule has 0 aromatic rings. The van der Waals surface area contributed by atoms with Gasteiger partial charge in [0.1, 0.15) is 29.7 Å². The summed E-state index contributed by atoms with van der Waals surface area (Å²) >= 11 is 0. The van der Waals surface area contributed by atoms with Crippen molar-refractivity contribution in [2.24, 2.45) is 5.92 Å². The fraction of sp³-hybridized carbons (Fsp3) is 0.667. The monoisotopic (exact) mass is 238 g/mol. The Kier molecular flexibility index (Phi) is 1.85. The molecule has 0 bridgehead atoms. The van der Waals surface area contributed by atoms with Crippen molar-refractivity contribution >= 4 is 0 Å². The Morgan fingerprint density at radius 3 is 2.94 bits per heavy atom. The lowest BCUT2D eigenvalue weighted by Gasteiger charge is -2.33. The van der Waals surface area contributed by atoms with Gasteiger partial charge in [0.05, 0.1) is 25.2 Å². The number of hydrogen-bond donors (Lipinski definition) is 2. The second-order valence-corrected chi connectivity index (χ2v) is 5.09. The van der Waals surface area contributed by atoms with Gasteiger partial charge >= 0.3 is 0 Å². The van der Waals surface area contributed by atoms with Gasteiger partial charge < -0.3 is 24.4 Å². The molecule has 3 saturated heterocycles. The smallest absolute Gasteiger partial charge is 0.124 e. The van der Waals surface area contributed by atoms with Gasteiger partial charge in [-0.3, -0.25) is 0 Å². The molecule has 0 amide bonds. The zero-order chi connectivity index (χ0) is 11.6. The highest BCUT2D eigenvalue weighted by atomic mass is 16.7. The van der Waals surface area contributed by atoms with Crippen LogP contribution in [-0.4, -0.2) is 53.4 Å². The van der Waals surface area contributed by atoms with Crippen molar-refractivity contribution in [2.75, 3.05) is 13.2 Å². The lowest BCUT2D eigenvalue weighted by molar-refractivity contribution is -0.0112. The van der Waals surface area contributed by atoms with Crippen molar-refractivity contribution in [3.05, 3.63) is 24.0 Å². The van der Waals surface area contributed by atoms with Crippen LogP contribution in [0.3, 0.4) is 0 Å². The molecule has 4 aliphatic rings. The van der Waals surface area contributed by atoms with E-state index in [0.29, 0.717) is 13.2 Å². The van der Waals surface area contributed by atoms with Gasteiger partial charge in [0.25, 0.3) is 0 Å². The molecule has 0 radical (unpaired) electrons. The minimum Gasteiger partial charge on any atom is -0.512 e. The largest absolute Gasteiger partial charge is 0.512 e. The summed E-state index contributed by atoms with van der Waals surface area (Å²) in [6.07, 6.45) is 4.40. The first-order valence-electron chi connectivity index (χ1n) is 5.89. The molecule has 0 spiro atoms. The first-order valence-corrected chi connectivity index (χ1v) is 5.89. The highest BCUT2D eigenvalue weighted by molar-refractivity contribution is 5.32. The third-order valence-electron chi connectivity index (χ3n) is 4.00. The van der Waals surface area contributed by atoms with E-state index in [1.165, 1.54) is 0 Å². The molecule has 0 saturated carbocycles. The van der Waals surface area contributed by atoms with Gasteiger partial charge in [-0.2, -0.15) is 0 Å². The van der Waals surface area contributed by atoms with Crippen LogP contribution >= 0.6 is 0 Å². The van der Waals surface area contributed by atoms with Crippen molar-refractivity contribution in [1.82, 2.24) is 0 Å². The number of fused-ring (bicyclic) bond motifs is 5. The molecule has 3 heterocycles. The summed E-state index contributed by atoms with van der Waals surface area (Å²) in [6.45, 7) is 0.978. The molecular weight excluding hydrogens is 224 g/mol. The molecular formula is C12H14O5. The van der Waals surface area contributed by atoms with E-state index >= 15 is 0 Å². The maximum Gasteiger partial charge on any atom is 0.124 e. The minimum atomic E-state index is -1.17. The zero-order valence-electron chi connectivity index (χ0n) is 9.15. The van der Waals surface area contributed by atoms with Gasteiger partial charge in [0, 0.05) is 0 Å². The highest BCUT2D eigenvalue weighted by Gasteiger charge is 2.65. The lowest BCUT2D eigenvalue weighted by atomic mass is 9.76. The Hall–Kier alpha value is -0.880. The van der Waals surface area contributed by atoms with Crippen molar-refractivity contribution in [1.29, 1.82) is 0 Å².